The van der Waals surface area contributed by atoms with Crippen LogP contribution in [0.2, 0.25) is 0 Å². The largest absolute Gasteiger partial charge is 0.497 e. The fraction of sp³-hybridized carbons (Fsp3) is 0.682. The minimum atomic E-state index is 0. The molecule has 1 saturated heterocycles. The van der Waals surface area contributed by atoms with Crippen LogP contribution in [0.15, 0.2) is 29.3 Å². The van der Waals surface area contributed by atoms with Gasteiger partial charge in [-0.1, -0.05) is 12.1 Å². The molecule has 1 aromatic carbocycles. The Morgan fingerprint density at radius 3 is 2.50 bits per heavy atom. The summed E-state index contributed by atoms with van der Waals surface area (Å²) in [5.41, 5.74) is 1.17. The average Bonchev–Trinajstić information content (AvgIpc) is 2.76. The number of halogens is 1. The molecule has 0 aliphatic carbocycles. The number of ether oxygens (including phenoxy) is 3. The Kier molecular flexibility index (Phi) is 13.3. The van der Waals surface area contributed by atoms with Crippen molar-refractivity contribution in [1.82, 2.24) is 15.5 Å². The van der Waals surface area contributed by atoms with Crippen molar-refractivity contribution in [3.05, 3.63) is 29.8 Å². The first-order valence-corrected chi connectivity index (χ1v) is 10.6. The van der Waals surface area contributed by atoms with E-state index in [9.17, 15) is 0 Å². The maximum absolute atomic E-state index is 5.49. The smallest absolute Gasteiger partial charge is 0.191 e. The van der Waals surface area contributed by atoms with E-state index in [-0.39, 0.29) is 29.5 Å². The Morgan fingerprint density at radius 1 is 1.17 bits per heavy atom. The lowest BCUT2D eigenvalue weighted by molar-refractivity contribution is -0.00834. The molecule has 0 bridgehead atoms. The Morgan fingerprint density at radius 2 is 1.87 bits per heavy atom. The van der Waals surface area contributed by atoms with Crippen molar-refractivity contribution in [1.29, 1.82) is 0 Å². The minimum Gasteiger partial charge on any atom is -0.497 e. The zero-order chi connectivity index (χ0) is 21.0. The lowest BCUT2D eigenvalue weighted by Crippen LogP contribution is -2.56. The Labute approximate surface area is 199 Å². The Bertz CT molecular complexity index is 605. The van der Waals surface area contributed by atoms with Crippen molar-refractivity contribution in [2.45, 2.75) is 39.3 Å². The van der Waals surface area contributed by atoms with Crippen LogP contribution in [0, 0.1) is 0 Å². The highest BCUT2D eigenvalue weighted by Gasteiger charge is 2.28. The molecule has 1 aliphatic heterocycles. The molecule has 0 radical (unpaired) electrons. The fourth-order valence-corrected chi connectivity index (χ4v) is 3.18. The van der Waals surface area contributed by atoms with E-state index in [0.717, 1.165) is 76.3 Å². The van der Waals surface area contributed by atoms with E-state index in [4.69, 9.17) is 19.2 Å². The van der Waals surface area contributed by atoms with E-state index >= 15 is 0 Å². The molecule has 30 heavy (non-hydrogen) atoms. The van der Waals surface area contributed by atoms with Crippen LogP contribution < -0.4 is 15.4 Å². The van der Waals surface area contributed by atoms with Gasteiger partial charge in [0, 0.05) is 44.9 Å². The lowest BCUT2D eigenvalue weighted by atomic mass is 10.0. The number of nitrogens with one attached hydrogen (secondary N) is 2. The summed E-state index contributed by atoms with van der Waals surface area (Å²) in [6, 6.07) is 8.03. The molecule has 0 atom stereocenters. The van der Waals surface area contributed by atoms with E-state index < -0.39 is 0 Å². The van der Waals surface area contributed by atoms with Crippen molar-refractivity contribution in [2.75, 3.05) is 59.7 Å². The highest BCUT2D eigenvalue weighted by Crippen LogP contribution is 2.15. The molecular weight excluding hydrogens is 495 g/mol. The minimum absolute atomic E-state index is 0. The molecule has 1 aromatic rings. The van der Waals surface area contributed by atoms with Crippen molar-refractivity contribution in [3.8, 4) is 5.75 Å². The summed E-state index contributed by atoms with van der Waals surface area (Å²) in [6.45, 7) is 13.9. The summed E-state index contributed by atoms with van der Waals surface area (Å²) in [6.07, 6.45) is 0.948. The second-order valence-corrected chi connectivity index (χ2v) is 7.76. The molecular formula is C22H39IN4O3. The molecule has 2 N–H and O–H groups in total. The molecule has 7 nitrogen and oxygen atoms in total. The number of morpholine rings is 1. The first-order chi connectivity index (χ1) is 14.0. The van der Waals surface area contributed by atoms with Crippen LogP contribution in [0.5, 0.6) is 5.75 Å². The molecule has 0 amide bonds. The van der Waals surface area contributed by atoms with E-state index in [1.165, 1.54) is 0 Å². The summed E-state index contributed by atoms with van der Waals surface area (Å²) >= 11 is 0. The van der Waals surface area contributed by atoms with Gasteiger partial charge in [0.1, 0.15) is 5.75 Å². The summed E-state index contributed by atoms with van der Waals surface area (Å²) in [4.78, 5) is 7.26. The molecule has 2 rings (SSSR count). The molecule has 1 aliphatic rings. The van der Waals surface area contributed by atoms with Gasteiger partial charge in [-0.25, -0.2) is 4.99 Å². The molecule has 0 aromatic heterocycles. The number of aliphatic imine (C=N–C) groups is 1. The number of guanidine groups is 1. The number of hydrogen-bond acceptors (Lipinski definition) is 5. The number of methoxy groups -OCH3 is 1. The molecule has 0 unspecified atom stereocenters. The highest BCUT2D eigenvalue weighted by molar-refractivity contribution is 14.0. The predicted octanol–water partition coefficient (Wildman–Crippen LogP) is 2.89. The summed E-state index contributed by atoms with van der Waals surface area (Å²) in [5, 5.41) is 6.97. The Hall–Kier alpha value is -1.10. The van der Waals surface area contributed by atoms with Gasteiger partial charge >= 0.3 is 0 Å². The zero-order valence-corrected chi connectivity index (χ0v) is 21.2. The molecule has 1 fully saturated rings. The average molecular weight is 534 g/mol. The molecule has 0 saturated carbocycles. The van der Waals surface area contributed by atoms with E-state index in [2.05, 4.69) is 29.4 Å². The maximum atomic E-state index is 5.49. The highest BCUT2D eigenvalue weighted by atomic mass is 127. The van der Waals surface area contributed by atoms with Crippen molar-refractivity contribution in [3.63, 3.8) is 0 Å². The van der Waals surface area contributed by atoms with Crippen LogP contribution in [0.3, 0.4) is 0 Å². The van der Waals surface area contributed by atoms with E-state index in [0.29, 0.717) is 6.54 Å². The van der Waals surface area contributed by atoms with Crippen LogP contribution in [0.1, 0.15) is 32.8 Å². The van der Waals surface area contributed by atoms with Crippen molar-refractivity contribution < 1.29 is 14.2 Å². The van der Waals surface area contributed by atoms with Gasteiger partial charge in [0.2, 0.25) is 0 Å². The van der Waals surface area contributed by atoms with Crippen LogP contribution in [-0.2, 0) is 16.0 Å². The van der Waals surface area contributed by atoms with Gasteiger partial charge in [0.25, 0.3) is 0 Å². The first-order valence-electron chi connectivity index (χ1n) is 10.6. The van der Waals surface area contributed by atoms with Crippen LogP contribution in [-0.4, -0.2) is 76.1 Å². The number of hydrogen-bond donors (Lipinski definition) is 2. The van der Waals surface area contributed by atoms with E-state index in [1.54, 1.807) is 7.11 Å². The van der Waals surface area contributed by atoms with Crippen LogP contribution in [0.4, 0.5) is 0 Å². The molecule has 1 heterocycles. The normalized spacial score (nSPS) is 15.4. The third-order valence-corrected chi connectivity index (χ3v) is 5.10. The van der Waals surface area contributed by atoms with Gasteiger partial charge < -0.3 is 24.8 Å². The third kappa shape index (κ3) is 9.80. The second kappa shape index (κ2) is 14.8. The van der Waals surface area contributed by atoms with Gasteiger partial charge in [-0.05, 0) is 44.9 Å². The monoisotopic (exact) mass is 534 g/mol. The quantitative estimate of drug-likeness (QED) is 0.197. The molecule has 172 valence electrons. The summed E-state index contributed by atoms with van der Waals surface area (Å²) < 4.78 is 16.1. The maximum Gasteiger partial charge on any atom is 0.191 e. The van der Waals surface area contributed by atoms with E-state index in [1.807, 2.05) is 31.2 Å². The van der Waals surface area contributed by atoms with Crippen molar-refractivity contribution >= 4 is 29.9 Å². The van der Waals surface area contributed by atoms with Crippen LogP contribution in [0.25, 0.3) is 0 Å². The number of benzene rings is 1. The van der Waals surface area contributed by atoms with Gasteiger partial charge in [-0.2, -0.15) is 0 Å². The van der Waals surface area contributed by atoms with Gasteiger partial charge in [0.15, 0.2) is 5.96 Å². The van der Waals surface area contributed by atoms with Crippen LogP contribution >= 0.6 is 24.0 Å². The zero-order valence-electron chi connectivity index (χ0n) is 18.9. The van der Waals surface area contributed by atoms with Gasteiger partial charge in [-0.3, -0.25) is 4.90 Å². The number of nitrogens with zero attached hydrogens (tertiary/aromatic N) is 2. The fourth-order valence-electron chi connectivity index (χ4n) is 3.18. The predicted molar refractivity (Wildman–Crippen MR) is 133 cm³/mol. The topological polar surface area (TPSA) is 67.3 Å². The summed E-state index contributed by atoms with van der Waals surface area (Å²) in [7, 11) is 1.68. The molecule has 0 spiro atoms. The number of rotatable bonds is 11. The second-order valence-electron chi connectivity index (χ2n) is 7.76. The van der Waals surface area contributed by atoms with Crippen molar-refractivity contribution in [2.24, 2.45) is 4.99 Å². The Balaban J connectivity index is 0.00000450. The van der Waals surface area contributed by atoms with Gasteiger partial charge in [0.05, 0.1) is 26.9 Å². The first kappa shape index (κ1) is 26.9. The standard InChI is InChI=1S/C22H38N4O3.HI/c1-5-28-14-6-11-23-21(24-17-19-7-9-20(27-4)10-8-19)25-18-22(2,3)26-12-15-29-16-13-26;/h7-10H,5-6,11-18H2,1-4H3,(H2,23,24,25);1H. The summed E-state index contributed by atoms with van der Waals surface area (Å²) in [5.74, 6) is 1.69. The third-order valence-electron chi connectivity index (χ3n) is 5.10. The lowest BCUT2D eigenvalue weighted by Gasteiger charge is -2.41. The molecule has 8 heteroatoms. The SMILES string of the molecule is CCOCCCNC(=NCc1ccc(OC)cc1)NCC(C)(C)N1CCOCC1.I. The van der Waals surface area contributed by atoms with Gasteiger partial charge in [-0.15, -0.1) is 24.0 Å².